The molecule has 0 aliphatic heterocycles. The number of aliphatic imine (C=N–C) groups is 1. The summed E-state index contributed by atoms with van der Waals surface area (Å²) in [6, 6.07) is 13.9. The van der Waals surface area contributed by atoms with Crippen molar-refractivity contribution >= 4 is 34.9 Å². The van der Waals surface area contributed by atoms with Gasteiger partial charge < -0.3 is 21.1 Å². The van der Waals surface area contributed by atoms with E-state index in [1.807, 2.05) is 30.3 Å². The van der Waals surface area contributed by atoms with Crippen molar-refractivity contribution in [2.24, 2.45) is 10.7 Å². The molecule has 0 saturated heterocycles. The van der Waals surface area contributed by atoms with Crippen molar-refractivity contribution in [3.05, 3.63) is 64.9 Å². The molecule has 1 aromatic heterocycles. The highest BCUT2D eigenvalue weighted by molar-refractivity contribution is 7.80. The maximum Gasteiger partial charge on any atom is 0.194 e. The Kier molecular flexibility index (Phi) is 10.3. The van der Waals surface area contributed by atoms with Gasteiger partial charge in [0.25, 0.3) is 0 Å². The van der Waals surface area contributed by atoms with Gasteiger partial charge in [-0.05, 0) is 49.2 Å². The van der Waals surface area contributed by atoms with Gasteiger partial charge >= 0.3 is 0 Å². The van der Waals surface area contributed by atoms with Crippen molar-refractivity contribution in [2.45, 2.75) is 19.3 Å². The zero-order valence-electron chi connectivity index (χ0n) is 15.7. The van der Waals surface area contributed by atoms with Crippen molar-refractivity contribution in [2.75, 3.05) is 26.3 Å². The fraction of sp³-hybridized carbons (Fsp3) is 0.350. The molecule has 6 nitrogen and oxygen atoms in total. The van der Waals surface area contributed by atoms with Crippen LogP contribution in [0.2, 0.25) is 5.02 Å². The Bertz CT molecular complexity index is 757. The van der Waals surface area contributed by atoms with Crippen molar-refractivity contribution in [1.29, 1.82) is 0 Å². The average molecular weight is 420 g/mol. The standard InChI is InChI=1S/C20H26ClN5OS/c21-17-8-4-11-23-18(17)9-5-12-25-20(28)26-19(22)24-13-15-27-14-10-16-6-2-1-3-7-16/h1-4,6-8,11H,5,9-10,12-15H2,(H4,22,24,25,26,28). The summed E-state index contributed by atoms with van der Waals surface area (Å²) in [5.41, 5.74) is 7.97. The van der Waals surface area contributed by atoms with E-state index >= 15 is 0 Å². The van der Waals surface area contributed by atoms with Crippen molar-refractivity contribution in [3.63, 3.8) is 0 Å². The zero-order chi connectivity index (χ0) is 20.0. The van der Waals surface area contributed by atoms with Crippen LogP contribution in [0.5, 0.6) is 0 Å². The fourth-order valence-electron chi connectivity index (χ4n) is 2.43. The Labute approximate surface area is 176 Å². The molecule has 0 spiro atoms. The quantitative estimate of drug-likeness (QED) is 0.237. The summed E-state index contributed by atoms with van der Waals surface area (Å²) in [5, 5.41) is 7.08. The SMILES string of the molecule is NC(=NCCOCCc1ccccc1)NC(=S)NCCCc1ncccc1Cl. The molecule has 2 rings (SSSR count). The van der Waals surface area contributed by atoms with Gasteiger partial charge in [0.05, 0.1) is 30.5 Å². The number of hydrogen-bond donors (Lipinski definition) is 3. The number of pyridine rings is 1. The molecule has 150 valence electrons. The number of halogens is 1. The molecule has 0 unspecified atom stereocenters. The van der Waals surface area contributed by atoms with Crippen LogP contribution in [-0.2, 0) is 17.6 Å². The van der Waals surface area contributed by atoms with Gasteiger partial charge in [-0.1, -0.05) is 41.9 Å². The molecule has 0 aliphatic rings. The third-order valence-electron chi connectivity index (χ3n) is 3.85. The van der Waals surface area contributed by atoms with Gasteiger partial charge in [0.15, 0.2) is 11.1 Å². The van der Waals surface area contributed by atoms with E-state index in [0.717, 1.165) is 25.0 Å². The van der Waals surface area contributed by atoms with Crippen LogP contribution in [0.4, 0.5) is 0 Å². The van der Waals surface area contributed by atoms with Crippen LogP contribution in [0.25, 0.3) is 0 Å². The molecule has 0 atom stereocenters. The number of rotatable bonds is 10. The molecule has 1 heterocycles. The Balaban J connectivity index is 1.51. The molecular weight excluding hydrogens is 394 g/mol. The van der Waals surface area contributed by atoms with Crippen LogP contribution in [0.15, 0.2) is 53.7 Å². The smallest absolute Gasteiger partial charge is 0.194 e. The zero-order valence-corrected chi connectivity index (χ0v) is 17.3. The van der Waals surface area contributed by atoms with Gasteiger partial charge in [-0.3, -0.25) is 9.98 Å². The minimum absolute atomic E-state index is 0.275. The molecule has 0 fully saturated rings. The van der Waals surface area contributed by atoms with Crippen molar-refractivity contribution in [1.82, 2.24) is 15.6 Å². The van der Waals surface area contributed by atoms with E-state index in [0.29, 0.717) is 36.4 Å². The van der Waals surface area contributed by atoms with Crippen LogP contribution in [0.1, 0.15) is 17.7 Å². The Morgan fingerprint density at radius 2 is 1.96 bits per heavy atom. The maximum absolute atomic E-state index is 6.08. The third kappa shape index (κ3) is 9.12. The number of aromatic nitrogens is 1. The first-order valence-electron chi connectivity index (χ1n) is 9.21. The largest absolute Gasteiger partial charge is 0.379 e. The molecule has 0 radical (unpaired) electrons. The number of ether oxygens (including phenoxy) is 1. The number of aryl methyl sites for hydroxylation is 1. The Morgan fingerprint density at radius 3 is 2.75 bits per heavy atom. The number of nitrogens with two attached hydrogens (primary N) is 1. The van der Waals surface area contributed by atoms with E-state index in [1.54, 1.807) is 6.20 Å². The Hall–Kier alpha value is -2.22. The minimum atomic E-state index is 0.275. The van der Waals surface area contributed by atoms with E-state index in [4.69, 9.17) is 34.3 Å². The topological polar surface area (TPSA) is 84.6 Å². The summed E-state index contributed by atoms with van der Waals surface area (Å²) in [5.74, 6) is 0.275. The molecule has 1 aromatic carbocycles. The summed E-state index contributed by atoms with van der Waals surface area (Å²) >= 11 is 11.3. The number of nitrogens with one attached hydrogen (secondary N) is 2. The number of guanidine groups is 1. The number of hydrogen-bond acceptors (Lipinski definition) is 4. The molecule has 0 bridgehead atoms. The van der Waals surface area contributed by atoms with Crippen LogP contribution in [0, 0.1) is 0 Å². The van der Waals surface area contributed by atoms with Gasteiger partial charge in [-0.2, -0.15) is 0 Å². The normalized spacial score (nSPS) is 11.2. The first-order chi connectivity index (χ1) is 13.6. The van der Waals surface area contributed by atoms with Gasteiger partial charge in [-0.25, -0.2) is 0 Å². The lowest BCUT2D eigenvalue weighted by Crippen LogP contribution is -2.43. The first-order valence-corrected chi connectivity index (χ1v) is 9.99. The molecule has 0 saturated carbocycles. The molecule has 0 amide bonds. The summed E-state index contributed by atoms with van der Waals surface area (Å²) in [4.78, 5) is 8.46. The average Bonchev–Trinajstić information content (AvgIpc) is 2.70. The molecule has 0 aliphatic carbocycles. The lowest BCUT2D eigenvalue weighted by atomic mass is 10.2. The number of benzene rings is 1. The molecule has 8 heteroatoms. The maximum atomic E-state index is 6.08. The lowest BCUT2D eigenvalue weighted by Gasteiger charge is -2.10. The molecule has 4 N–H and O–H groups in total. The van der Waals surface area contributed by atoms with Crippen LogP contribution in [0.3, 0.4) is 0 Å². The third-order valence-corrected chi connectivity index (χ3v) is 4.44. The van der Waals surface area contributed by atoms with E-state index in [1.165, 1.54) is 5.56 Å². The molecular formula is C20H26ClN5OS. The summed E-state index contributed by atoms with van der Waals surface area (Å²) in [6.45, 7) is 2.34. The highest BCUT2D eigenvalue weighted by Gasteiger charge is 2.02. The minimum Gasteiger partial charge on any atom is -0.379 e. The predicted molar refractivity (Wildman–Crippen MR) is 119 cm³/mol. The van der Waals surface area contributed by atoms with Crippen LogP contribution in [-0.4, -0.2) is 42.4 Å². The number of nitrogens with zero attached hydrogens (tertiary/aromatic N) is 2. The van der Waals surface area contributed by atoms with Gasteiger partial charge in [0.1, 0.15) is 0 Å². The predicted octanol–water partition coefficient (Wildman–Crippen LogP) is 2.71. The van der Waals surface area contributed by atoms with Crippen LogP contribution < -0.4 is 16.4 Å². The monoisotopic (exact) mass is 419 g/mol. The van der Waals surface area contributed by atoms with E-state index in [-0.39, 0.29) is 5.96 Å². The van der Waals surface area contributed by atoms with Crippen molar-refractivity contribution in [3.8, 4) is 0 Å². The first kappa shape index (κ1) is 22.1. The second-order valence-electron chi connectivity index (χ2n) is 6.03. The second kappa shape index (κ2) is 13.0. The lowest BCUT2D eigenvalue weighted by molar-refractivity contribution is 0.145. The summed E-state index contributed by atoms with van der Waals surface area (Å²) < 4.78 is 5.57. The highest BCUT2D eigenvalue weighted by atomic mass is 35.5. The Morgan fingerprint density at radius 1 is 1.14 bits per heavy atom. The van der Waals surface area contributed by atoms with Crippen LogP contribution >= 0.6 is 23.8 Å². The summed E-state index contributed by atoms with van der Waals surface area (Å²) in [7, 11) is 0. The van der Waals surface area contributed by atoms with Gasteiger partial charge in [0, 0.05) is 12.7 Å². The number of thiocarbonyl (C=S) groups is 1. The van der Waals surface area contributed by atoms with Gasteiger partial charge in [0.2, 0.25) is 0 Å². The van der Waals surface area contributed by atoms with Crippen molar-refractivity contribution < 1.29 is 4.74 Å². The van der Waals surface area contributed by atoms with Gasteiger partial charge in [-0.15, -0.1) is 0 Å². The van der Waals surface area contributed by atoms with E-state index < -0.39 is 0 Å². The van der Waals surface area contributed by atoms with E-state index in [9.17, 15) is 0 Å². The fourth-order valence-corrected chi connectivity index (χ4v) is 2.85. The molecule has 2 aromatic rings. The summed E-state index contributed by atoms with van der Waals surface area (Å²) in [6.07, 6.45) is 4.25. The second-order valence-corrected chi connectivity index (χ2v) is 6.85. The highest BCUT2D eigenvalue weighted by Crippen LogP contribution is 2.13. The van der Waals surface area contributed by atoms with E-state index in [2.05, 4.69) is 32.7 Å². The molecule has 28 heavy (non-hydrogen) atoms.